The highest BCUT2D eigenvalue weighted by molar-refractivity contribution is 5.74. The second-order valence-electron chi connectivity index (χ2n) is 6.41. The van der Waals surface area contributed by atoms with E-state index in [0.29, 0.717) is 6.54 Å². The Morgan fingerprint density at radius 1 is 1.17 bits per heavy atom. The second-order valence-corrected chi connectivity index (χ2v) is 6.41. The lowest BCUT2D eigenvalue weighted by molar-refractivity contribution is 0.0800. The first kappa shape index (κ1) is 16.3. The molecule has 0 saturated carbocycles. The van der Waals surface area contributed by atoms with Crippen LogP contribution < -0.4 is 10.6 Å². The number of carbonyl (C=O) groups is 1. The van der Waals surface area contributed by atoms with Gasteiger partial charge in [-0.1, -0.05) is 30.3 Å². The normalized spacial score (nSPS) is 21.0. The van der Waals surface area contributed by atoms with E-state index in [9.17, 15) is 4.79 Å². The number of likely N-dealkylation sites (tertiary alicyclic amines) is 1. The monoisotopic (exact) mass is 317 g/mol. The number of nitrogens with one attached hydrogen (secondary N) is 2. The highest BCUT2D eigenvalue weighted by atomic mass is 16.5. The summed E-state index contributed by atoms with van der Waals surface area (Å²) in [4.78, 5) is 14.7. The van der Waals surface area contributed by atoms with Crippen LogP contribution in [0.4, 0.5) is 4.79 Å². The van der Waals surface area contributed by atoms with E-state index in [1.54, 1.807) is 0 Å². The molecule has 2 saturated heterocycles. The van der Waals surface area contributed by atoms with Gasteiger partial charge in [0.25, 0.3) is 0 Å². The van der Waals surface area contributed by atoms with E-state index < -0.39 is 0 Å². The van der Waals surface area contributed by atoms with Crippen molar-refractivity contribution in [2.45, 2.75) is 37.8 Å². The molecule has 2 fully saturated rings. The summed E-state index contributed by atoms with van der Waals surface area (Å²) in [6.07, 6.45) is 4.30. The maximum Gasteiger partial charge on any atom is 0.315 e. The molecule has 1 atom stereocenters. The van der Waals surface area contributed by atoms with Crippen LogP contribution in [0, 0.1) is 0 Å². The Bertz CT molecular complexity index is 482. The summed E-state index contributed by atoms with van der Waals surface area (Å²) < 4.78 is 5.33. The van der Waals surface area contributed by atoms with Gasteiger partial charge in [-0.3, -0.25) is 4.90 Å². The number of rotatable bonds is 5. The van der Waals surface area contributed by atoms with Gasteiger partial charge in [-0.15, -0.1) is 0 Å². The molecule has 2 amide bonds. The molecule has 2 aliphatic heterocycles. The largest absolute Gasteiger partial charge is 0.381 e. The van der Waals surface area contributed by atoms with Crippen LogP contribution in [0.5, 0.6) is 0 Å². The van der Waals surface area contributed by atoms with Crippen molar-refractivity contribution in [1.29, 1.82) is 0 Å². The highest BCUT2D eigenvalue weighted by Crippen LogP contribution is 2.24. The van der Waals surface area contributed by atoms with Crippen LogP contribution in [0.1, 0.15) is 37.3 Å². The van der Waals surface area contributed by atoms with Crippen LogP contribution in [0.15, 0.2) is 30.3 Å². The quantitative estimate of drug-likeness (QED) is 0.876. The third-order valence-electron chi connectivity index (χ3n) is 4.78. The summed E-state index contributed by atoms with van der Waals surface area (Å²) >= 11 is 0. The predicted octanol–water partition coefficient (Wildman–Crippen LogP) is 2.30. The smallest absolute Gasteiger partial charge is 0.315 e. The Hall–Kier alpha value is -1.59. The molecule has 5 heteroatoms. The molecular weight excluding hydrogens is 290 g/mol. The standard InChI is InChI=1S/C18H27N3O2/c22-18(20-16-8-12-23-13-9-16)19-14-17(21-10-4-5-11-21)15-6-2-1-3-7-15/h1-3,6-7,16-17H,4-5,8-14H2,(H2,19,20,22). The molecule has 23 heavy (non-hydrogen) atoms. The number of ether oxygens (including phenoxy) is 1. The summed E-state index contributed by atoms with van der Waals surface area (Å²) in [5.74, 6) is 0. The van der Waals surface area contributed by atoms with Gasteiger partial charge in [0, 0.05) is 25.8 Å². The molecule has 0 aromatic heterocycles. The lowest BCUT2D eigenvalue weighted by Gasteiger charge is -2.29. The molecule has 1 unspecified atom stereocenters. The molecule has 0 radical (unpaired) electrons. The number of benzene rings is 1. The van der Waals surface area contributed by atoms with Gasteiger partial charge >= 0.3 is 6.03 Å². The fourth-order valence-corrected chi connectivity index (χ4v) is 3.45. The molecule has 2 N–H and O–H groups in total. The second kappa shape index (κ2) is 8.31. The van der Waals surface area contributed by atoms with E-state index in [1.807, 2.05) is 6.07 Å². The van der Waals surface area contributed by atoms with Crippen molar-refractivity contribution in [1.82, 2.24) is 15.5 Å². The Morgan fingerprint density at radius 3 is 2.57 bits per heavy atom. The van der Waals surface area contributed by atoms with Gasteiger partial charge in [0.2, 0.25) is 0 Å². The van der Waals surface area contributed by atoms with Gasteiger partial charge in [-0.2, -0.15) is 0 Å². The predicted molar refractivity (Wildman–Crippen MR) is 90.4 cm³/mol. The van der Waals surface area contributed by atoms with Crippen LogP contribution in [-0.4, -0.2) is 49.8 Å². The fourth-order valence-electron chi connectivity index (χ4n) is 3.45. The maximum atomic E-state index is 12.2. The minimum absolute atomic E-state index is 0.0583. The highest BCUT2D eigenvalue weighted by Gasteiger charge is 2.24. The first-order valence-corrected chi connectivity index (χ1v) is 8.74. The Morgan fingerprint density at radius 2 is 1.87 bits per heavy atom. The molecule has 1 aromatic carbocycles. The van der Waals surface area contributed by atoms with E-state index in [2.05, 4.69) is 39.8 Å². The lowest BCUT2D eigenvalue weighted by atomic mass is 10.1. The van der Waals surface area contributed by atoms with E-state index in [0.717, 1.165) is 39.1 Å². The van der Waals surface area contributed by atoms with Gasteiger partial charge in [-0.25, -0.2) is 4.79 Å². The fraction of sp³-hybridized carbons (Fsp3) is 0.611. The van der Waals surface area contributed by atoms with Crippen LogP contribution in [0.25, 0.3) is 0 Å². The molecule has 2 heterocycles. The number of urea groups is 1. The third-order valence-corrected chi connectivity index (χ3v) is 4.78. The average molecular weight is 317 g/mol. The van der Waals surface area contributed by atoms with Crippen molar-refractivity contribution in [3.63, 3.8) is 0 Å². The zero-order valence-electron chi connectivity index (χ0n) is 13.7. The molecule has 2 aliphatic rings. The van der Waals surface area contributed by atoms with E-state index in [-0.39, 0.29) is 18.1 Å². The van der Waals surface area contributed by atoms with Gasteiger partial charge in [0.05, 0.1) is 6.04 Å². The number of nitrogens with zero attached hydrogens (tertiary/aromatic N) is 1. The van der Waals surface area contributed by atoms with Crippen LogP contribution >= 0.6 is 0 Å². The SMILES string of the molecule is O=C(NCC(c1ccccc1)N1CCCC1)NC1CCOCC1. The summed E-state index contributed by atoms with van der Waals surface area (Å²) in [5, 5.41) is 6.14. The number of amides is 2. The number of hydrogen-bond donors (Lipinski definition) is 2. The summed E-state index contributed by atoms with van der Waals surface area (Å²) in [6, 6.07) is 10.9. The van der Waals surface area contributed by atoms with Crippen LogP contribution in [-0.2, 0) is 4.74 Å². The molecular formula is C18H27N3O2. The van der Waals surface area contributed by atoms with Crippen molar-refractivity contribution in [3.05, 3.63) is 35.9 Å². The van der Waals surface area contributed by atoms with Gasteiger partial charge < -0.3 is 15.4 Å². The van der Waals surface area contributed by atoms with Crippen LogP contribution in [0.3, 0.4) is 0 Å². The Labute approximate surface area is 138 Å². The molecule has 0 spiro atoms. The summed E-state index contributed by atoms with van der Waals surface area (Å²) in [6.45, 7) is 4.36. The minimum atomic E-state index is -0.0583. The zero-order valence-corrected chi connectivity index (χ0v) is 13.7. The molecule has 0 bridgehead atoms. The van der Waals surface area contributed by atoms with E-state index >= 15 is 0 Å². The Balaban J connectivity index is 1.54. The van der Waals surface area contributed by atoms with Gasteiger partial charge in [0.1, 0.15) is 0 Å². The number of carbonyl (C=O) groups excluding carboxylic acids is 1. The minimum Gasteiger partial charge on any atom is -0.381 e. The van der Waals surface area contributed by atoms with Gasteiger partial charge in [-0.05, 0) is 44.3 Å². The van der Waals surface area contributed by atoms with Crippen molar-refractivity contribution < 1.29 is 9.53 Å². The first-order valence-electron chi connectivity index (χ1n) is 8.74. The maximum absolute atomic E-state index is 12.2. The number of hydrogen-bond acceptors (Lipinski definition) is 3. The van der Waals surface area contributed by atoms with Crippen molar-refractivity contribution in [3.8, 4) is 0 Å². The molecule has 0 aliphatic carbocycles. The Kier molecular flexibility index (Phi) is 5.88. The van der Waals surface area contributed by atoms with Crippen molar-refractivity contribution in [2.75, 3.05) is 32.8 Å². The first-order chi connectivity index (χ1) is 11.3. The van der Waals surface area contributed by atoms with Gasteiger partial charge in [0.15, 0.2) is 0 Å². The van der Waals surface area contributed by atoms with Crippen molar-refractivity contribution >= 4 is 6.03 Å². The van der Waals surface area contributed by atoms with Crippen molar-refractivity contribution in [2.24, 2.45) is 0 Å². The molecule has 1 aromatic rings. The van der Waals surface area contributed by atoms with Crippen LogP contribution in [0.2, 0.25) is 0 Å². The third kappa shape index (κ3) is 4.69. The summed E-state index contributed by atoms with van der Waals surface area (Å²) in [5.41, 5.74) is 1.28. The zero-order chi connectivity index (χ0) is 15.9. The molecule has 3 rings (SSSR count). The average Bonchev–Trinajstić information content (AvgIpc) is 3.11. The molecule has 5 nitrogen and oxygen atoms in total. The lowest BCUT2D eigenvalue weighted by Crippen LogP contribution is -2.46. The van der Waals surface area contributed by atoms with E-state index in [4.69, 9.17) is 4.74 Å². The summed E-state index contributed by atoms with van der Waals surface area (Å²) in [7, 11) is 0. The topological polar surface area (TPSA) is 53.6 Å². The van der Waals surface area contributed by atoms with E-state index in [1.165, 1.54) is 18.4 Å². The molecule has 126 valence electrons.